The van der Waals surface area contributed by atoms with Crippen molar-refractivity contribution >= 4 is 33.7 Å². The zero-order valence-electron chi connectivity index (χ0n) is 20.2. The van der Waals surface area contributed by atoms with E-state index in [0.29, 0.717) is 25.9 Å². The van der Waals surface area contributed by atoms with E-state index < -0.39 is 41.6 Å². The van der Waals surface area contributed by atoms with Crippen LogP contribution in [0.5, 0.6) is 0 Å². The number of alkyl halides is 1. The molecule has 34 heavy (non-hydrogen) atoms. The maximum atomic E-state index is 14.0. The molecule has 1 N–H and O–H groups in total. The van der Waals surface area contributed by atoms with E-state index in [1.165, 1.54) is 4.90 Å². The van der Waals surface area contributed by atoms with Crippen LogP contribution in [-0.4, -0.2) is 87.6 Å². The Labute approximate surface area is 210 Å². The molecular weight excluding hydrogens is 504 g/mol. The minimum atomic E-state index is -1.15. The maximum Gasteiger partial charge on any atom is 0.312 e. The van der Waals surface area contributed by atoms with E-state index in [9.17, 15) is 19.5 Å². The van der Waals surface area contributed by atoms with Crippen molar-refractivity contribution in [2.45, 2.75) is 74.6 Å². The molecule has 3 unspecified atom stereocenters. The molecule has 1 spiro atoms. The summed E-state index contributed by atoms with van der Waals surface area (Å²) in [6.45, 7) is 12.0. The summed E-state index contributed by atoms with van der Waals surface area (Å²) in [6.07, 6.45) is 6.41. The van der Waals surface area contributed by atoms with Crippen LogP contribution < -0.4 is 0 Å². The van der Waals surface area contributed by atoms with Crippen LogP contribution in [0.1, 0.15) is 46.0 Å². The highest BCUT2D eigenvalue weighted by atomic mass is 79.9. The molecule has 7 atom stereocenters. The van der Waals surface area contributed by atoms with E-state index in [1.54, 1.807) is 24.0 Å². The Kier molecular flexibility index (Phi) is 8.98. The largest absolute Gasteiger partial charge is 0.465 e. The van der Waals surface area contributed by atoms with Gasteiger partial charge < -0.3 is 24.4 Å². The van der Waals surface area contributed by atoms with Gasteiger partial charge in [-0.15, -0.1) is 13.2 Å². The van der Waals surface area contributed by atoms with Crippen molar-refractivity contribution in [3.05, 3.63) is 25.3 Å². The lowest BCUT2D eigenvalue weighted by atomic mass is 9.70. The fourth-order valence-electron chi connectivity index (χ4n) is 5.64. The molecule has 0 radical (unpaired) electrons. The molecule has 190 valence electrons. The molecular formula is C25H37BrN2O6. The molecule has 0 aromatic carbocycles. The summed E-state index contributed by atoms with van der Waals surface area (Å²) in [5, 5.41) is 9.94. The number of rotatable bonds is 13. The van der Waals surface area contributed by atoms with Crippen molar-refractivity contribution in [1.29, 1.82) is 0 Å². The number of halogens is 1. The summed E-state index contributed by atoms with van der Waals surface area (Å²) in [6, 6.07) is -1.52. The third kappa shape index (κ3) is 4.58. The van der Waals surface area contributed by atoms with Crippen LogP contribution in [0.3, 0.4) is 0 Å². The van der Waals surface area contributed by atoms with Gasteiger partial charge in [-0.1, -0.05) is 41.4 Å². The first kappa shape index (κ1) is 26.9. The van der Waals surface area contributed by atoms with Crippen LogP contribution in [0.15, 0.2) is 25.3 Å². The standard InChI is InChI=1S/C25H37BrN2O6/c1-5-8-10-13-33-24(32)18-19-22(30)28(16(4)15-29)21(25(19)14-17(26)20(18)34-25)23(31)27(11-7-3)12-9-6-2/h5,7,16-21,29H,1,3,6,8-15H2,2,4H3/t16-,17?,18+,19+,20+,21?,25?/m1/s1. The normalized spacial score (nSPS) is 32.4. The highest BCUT2D eigenvalue weighted by Gasteiger charge is 2.77. The number of carbonyl (C=O) groups is 3. The highest BCUT2D eigenvalue weighted by Crippen LogP contribution is 2.60. The van der Waals surface area contributed by atoms with Crippen molar-refractivity contribution in [2.75, 3.05) is 26.3 Å². The van der Waals surface area contributed by atoms with Crippen LogP contribution in [-0.2, 0) is 23.9 Å². The summed E-state index contributed by atoms with van der Waals surface area (Å²) >= 11 is 3.64. The van der Waals surface area contributed by atoms with Crippen LogP contribution in [0.25, 0.3) is 0 Å². The number of esters is 1. The molecule has 2 amide bonds. The topological polar surface area (TPSA) is 96.4 Å². The van der Waals surface area contributed by atoms with E-state index in [0.717, 1.165) is 19.3 Å². The summed E-state index contributed by atoms with van der Waals surface area (Å²) in [5.41, 5.74) is -1.15. The number of allylic oxidation sites excluding steroid dienone is 1. The zero-order valence-corrected chi connectivity index (χ0v) is 21.7. The smallest absolute Gasteiger partial charge is 0.312 e. The lowest BCUT2D eigenvalue weighted by molar-refractivity contribution is -0.156. The molecule has 3 saturated heterocycles. The Hall–Kier alpha value is -1.71. The number of carbonyl (C=O) groups excluding carboxylic acids is 3. The van der Waals surface area contributed by atoms with Gasteiger partial charge >= 0.3 is 5.97 Å². The van der Waals surface area contributed by atoms with Gasteiger partial charge in [-0.05, 0) is 32.6 Å². The fourth-order valence-corrected chi connectivity index (χ4v) is 6.59. The summed E-state index contributed by atoms with van der Waals surface area (Å²) in [7, 11) is 0. The molecule has 3 aliphatic rings. The monoisotopic (exact) mass is 540 g/mol. The predicted octanol–water partition coefficient (Wildman–Crippen LogP) is 2.44. The first-order valence-electron chi connectivity index (χ1n) is 12.2. The third-order valence-electron chi connectivity index (χ3n) is 7.21. The van der Waals surface area contributed by atoms with E-state index in [4.69, 9.17) is 9.47 Å². The Bertz CT molecular complexity index is 806. The number of aliphatic hydroxyl groups excluding tert-OH is 1. The van der Waals surface area contributed by atoms with E-state index in [-0.39, 0.29) is 29.9 Å². The number of aliphatic hydroxyl groups is 1. The molecule has 8 nitrogen and oxygen atoms in total. The number of hydrogen-bond donors (Lipinski definition) is 1. The molecule has 3 heterocycles. The van der Waals surface area contributed by atoms with Crippen molar-refractivity contribution < 1.29 is 29.0 Å². The number of unbranched alkanes of at least 4 members (excludes halogenated alkanes) is 2. The lowest BCUT2D eigenvalue weighted by Crippen LogP contribution is -2.58. The molecule has 0 aromatic rings. The fraction of sp³-hybridized carbons (Fsp3) is 0.720. The first-order valence-corrected chi connectivity index (χ1v) is 13.1. The van der Waals surface area contributed by atoms with Gasteiger partial charge in [0.25, 0.3) is 0 Å². The second-order valence-corrected chi connectivity index (χ2v) is 10.6. The SMILES string of the molecule is C=CCCCOC(=O)[C@H]1[C@H]2C(=O)N([C@H](C)CO)C(C(=O)N(CC=C)CCCC)C23CC(Br)[C@@H]1O3. The third-order valence-corrected chi connectivity index (χ3v) is 8.06. The first-order chi connectivity index (χ1) is 16.3. The van der Waals surface area contributed by atoms with Gasteiger partial charge in [0.05, 0.1) is 37.2 Å². The average Bonchev–Trinajstić information content (AvgIpc) is 3.41. The lowest BCUT2D eigenvalue weighted by Gasteiger charge is -2.38. The van der Waals surface area contributed by atoms with Crippen molar-refractivity contribution in [2.24, 2.45) is 11.8 Å². The molecule has 2 bridgehead atoms. The van der Waals surface area contributed by atoms with Crippen LogP contribution in [0, 0.1) is 11.8 Å². The minimum absolute atomic E-state index is 0.189. The number of likely N-dealkylation sites (tertiary alicyclic amines) is 1. The van der Waals surface area contributed by atoms with Gasteiger partial charge in [-0.3, -0.25) is 14.4 Å². The number of ether oxygens (including phenoxy) is 2. The molecule has 3 rings (SSSR count). The molecule has 0 saturated carbocycles. The van der Waals surface area contributed by atoms with Gasteiger partial charge in [0.15, 0.2) is 0 Å². The van der Waals surface area contributed by atoms with Crippen molar-refractivity contribution in [3.63, 3.8) is 0 Å². The van der Waals surface area contributed by atoms with Gasteiger partial charge in [-0.2, -0.15) is 0 Å². The van der Waals surface area contributed by atoms with E-state index >= 15 is 0 Å². The second-order valence-electron chi connectivity index (χ2n) is 9.47. The Balaban J connectivity index is 1.97. The molecule has 3 aliphatic heterocycles. The Morgan fingerprint density at radius 3 is 2.74 bits per heavy atom. The maximum absolute atomic E-state index is 14.0. The molecule has 0 aromatic heterocycles. The number of amides is 2. The van der Waals surface area contributed by atoms with Crippen LogP contribution >= 0.6 is 15.9 Å². The predicted molar refractivity (Wildman–Crippen MR) is 131 cm³/mol. The van der Waals surface area contributed by atoms with Crippen LogP contribution in [0.2, 0.25) is 0 Å². The van der Waals surface area contributed by atoms with Gasteiger partial charge in [0, 0.05) is 17.9 Å². The number of nitrogens with zero attached hydrogens (tertiary/aromatic N) is 2. The summed E-state index contributed by atoms with van der Waals surface area (Å²) < 4.78 is 12.0. The number of hydrogen-bond acceptors (Lipinski definition) is 6. The highest BCUT2D eigenvalue weighted by molar-refractivity contribution is 9.09. The van der Waals surface area contributed by atoms with Crippen LogP contribution in [0.4, 0.5) is 0 Å². The molecule has 9 heteroatoms. The Morgan fingerprint density at radius 2 is 2.12 bits per heavy atom. The zero-order chi connectivity index (χ0) is 25.0. The van der Waals surface area contributed by atoms with E-state index in [1.807, 2.05) is 6.92 Å². The number of fused-ring (bicyclic) bond motifs is 1. The summed E-state index contributed by atoms with van der Waals surface area (Å²) in [4.78, 5) is 43.9. The van der Waals surface area contributed by atoms with Gasteiger partial charge in [0.1, 0.15) is 11.6 Å². The van der Waals surface area contributed by atoms with Crippen molar-refractivity contribution in [1.82, 2.24) is 9.80 Å². The van der Waals surface area contributed by atoms with Gasteiger partial charge in [-0.25, -0.2) is 0 Å². The minimum Gasteiger partial charge on any atom is -0.465 e. The quantitative estimate of drug-likeness (QED) is 0.167. The second kappa shape index (κ2) is 11.4. The van der Waals surface area contributed by atoms with E-state index in [2.05, 4.69) is 29.1 Å². The average molecular weight is 541 g/mol. The molecule has 3 fully saturated rings. The van der Waals surface area contributed by atoms with Crippen molar-refractivity contribution in [3.8, 4) is 0 Å². The molecule has 0 aliphatic carbocycles. The Morgan fingerprint density at radius 1 is 1.38 bits per heavy atom. The summed E-state index contributed by atoms with van der Waals surface area (Å²) in [5.74, 6) is -2.66. The van der Waals surface area contributed by atoms with Gasteiger partial charge in [0.2, 0.25) is 11.8 Å².